The average Bonchev–Trinajstić information content (AvgIpc) is 2.68. The maximum atomic E-state index is 12.8. The lowest BCUT2D eigenvalue weighted by Crippen LogP contribution is -2.31. The summed E-state index contributed by atoms with van der Waals surface area (Å²) in [7, 11) is -3.64. The van der Waals surface area contributed by atoms with E-state index in [0.717, 1.165) is 0 Å². The number of carbonyl (C=O) groups excluding carboxylic acids is 2. The van der Waals surface area contributed by atoms with Crippen molar-refractivity contribution in [2.24, 2.45) is 0 Å². The van der Waals surface area contributed by atoms with Crippen LogP contribution in [0, 0.1) is 6.92 Å². The summed E-state index contributed by atoms with van der Waals surface area (Å²) in [4.78, 5) is 23.8. The Morgan fingerprint density at radius 3 is 2.38 bits per heavy atom. The molecule has 0 bridgehead atoms. The molecule has 2 rings (SSSR count). The van der Waals surface area contributed by atoms with Crippen LogP contribution >= 0.6 is 0 Å². The van der Waals surface area contributed by atoms with Crippen molar-refractivity contribution in [3.05, 3.63) is 53.6 Å². The molecular formula is C21H26N2O5S. The predicted octanol–water partition coefficient (Wildman–Crippen LogP) is 3.25. The largest absolute Gasteiger partial charge is 0.484 e. The third kappa shape index (κ3) is 5.65. The number of ether oxygens (including phenoxy) is 1. The molecule has 2 aromatic carbocycles. The first-order valence-corrected chi connectivity index (χ1v) is 10.8. The minimum atomic E-state index is -3.64. The van der Waals surface area contributed by atoms with Crippen LogP contribution in [0.25, 0.3) is 0 Å². The molecule has 0 saturated heterocycles. The first-order chi connectivity index (χ1) is 13.7. The number of ketones is 1. The zero-order valence-electron chi connectivity index (χ0n) is 17.1. The van der Waals surface area contributed by atoms with Gasteiger partial charge in [0.2, 0.25) is 10.0 Å². The Morgan fingerprint density at radius 2 is 1.76 bits per heavy atom. The van der Waals surface area contributed by atoms with Crippen molar-refractivity contribution in [1.29, 1.82) is 0 Å². The van der Waals surface area contributed by atoms with Crippen LogP contribution in [0.3, 0.4) is 0 Å². The second kappa shape index (κ2) is 9.67. The molecule has 0 saturated carbocycles. The van der Waals surface area contributed by atoms with Gasteiger partial charge in [-0.05, 0) is 43.7 Å². The van der Waals surface area contributed by atoms with Gasteiger partial charge in [0.15, 0.2) is 12.4 Å². The van der Waals surface area contributed by atoms with Gasteiger partial charge in [-0.1, -0.05) is 32.0 Å². The molecule has 0 unspecified atom stereocenters. The number of aryl methyl sites for hydroxylation is 1. The van der Waals surface area contributed by atoms with Crippen molar-refractivity contribution in [1.82, 2.24) is 4.31 Å². The highest BCUT2D eigenvalue weighted by molar-refractivity contribution is 7.89. The molecule has 0 aliphatic rings. The van der Waals surface area contributed by atoms with Crippen LogP contribution in [0.4, 0.5) is 5.69 Å². The zero-order chi connectivity index (χ0) is 21.6. The van der Waals surface area contributed by atoms with Crippen LogP contribution in [0.1, 0.15) is 36.7 Å². The van der Waals surface area contributed by atoms with Crippen LogP contribution in [0.5, 0.6) is 5.75 Å². The number of anilines is 1. The highest BCUT2D eigenvalue weighted by Gasteiger charge is 2.24. The summed E-state index contributed by atoms with van der Waals surface area (Å²) >= 11 is 0. The molecule has 8 heteroatoms. The molecule has 0 spiro atoms. The highest BCUT2D eigenvalue weighted by Crippen LogP contribution is 2.23. The van der Waals surface area contributed by atoms with Crippen molar-refractivity contribution in [3.63, 3.8) is 0 Å². The number of nitrogens with one attached hydrogen (secondary N) is 1. The molecule has 0 fully saturated rings. The standard InChI is InChI=1S/C21H26N2O5S/c1-5-23(6-2)29(26,27)20-13-18(11-10-15(20)3)22-21(25)14-28-19-9-7-8-17(12-19)16(4)24/h7-13H,5-6,14H2,1-4H3,(H,22,25). The van der Waals surface area contributed by atoms with Crippen molar-refractivity contribution in [2.75, 3.05) is 25.0 Å². The van der Waals surface area contributed by atoms with Crippen LogP contribution in [0.2, 0.25) is 0 Å². The van der Waals surface area contributed by atoms with Crippen LogP contribution in [-0.2, 0) is 14.8 Å². The normalized spacial score (nSPS) is 11.3. The van der Waals surface area contributed by atoms with Gasteiger partial charge < -0.3 is 10.1 Å². The fourth-order valence-electron chi connectivity index (χ4n) is 2.81. The van der Waals surface area contributed by atoms with Crippen LogP contribution < -0.4 is 10.1 Å². The SMILES string of the molecule is CCN(CC)S(=O)(=O)c1cc(NC(=O)COc2cccc(C(C)=O)c2)ccc1C. The number of amides is 1. The molecule has 7 nitrogen and oxygen atoms in total. The average molecular weight is 419 g/mol. The first kappa shape index (κ1) is 22.6. The number of hydrogen-bond acceptors (Lipinski definition) is 5. The van der Waals surface area contributed by atoms with E-state index in [4.69, 9.17) is 4.74 Å². The molecule has 29 heavy (non-hydrogen) atoms. The zero-order valence-corrected chi connectivity index (χ0v) is 17.9. The van der Waals surface area contributed by atoms with Gasteiger partial charge in [-0.15, -0.1) is 0 Å². The third-order valence-corrected chi connectivity index (χ3v) is 6.60. The first-order valence-electron chi connectivity index (χ1n) is 9.33. The van der Waals surface area contributed by atoms with E-state index in [1.807, 2.05) is 0 Å². The number of benzene rings is 2. The number of nitrogens with zero attached hydrogens (tertiary/aromatic N) is 1. The molecular weight excluding hydrogens is 392 g/mol. The summed E-state index contributed by atoms with van der Waals surface area (Å²) in [5.74, 6) is -0.128. The van der Waals surface area contributed by atoms with Crippen molar-refractivity contribution >= 4 is 27.4 Å². The fraction of sp³-hybridized carbons (Fsp3) is 0.333. The lowest BCUT2D eigenvalue weighted by molar-refractivity contribution is -0.118. The molecule has 0 radical (unpaired) electrons. The summed E-state index contributed by atoms with van der Waals surface area (Å²) in [6.07, 6.45) is 0. The lowest BCUT2D eigenvalue weighted by Gasteiger charge is -2.20. The van der Waals surface area contributed by atoms with Gasteiger partial charge in [0, 0.05) is 24.3 Å². The Kier molecular flexibility index (Phi) is 7.53. The fourth-order valence-corrected chi connectivity index (χ4v) is 4.52. The van der Waals surface area contributed by atoms with Gasteiger partial charge in [0.1, 0.15) is 5.75 Å². The van der Waals surface area contributed by atoms with Gasteiger partial charge >= 0.3 is 0 Å². The van der Waals surface area contributed by atoms with Gasteiger partial charge in [-0.25, -0.2) is 8.42 Å². The molecule has 0 aliphatic carbocycles. The van der Waals surface area contributed by atoms with E-state index < -0.39 is 15.9 Å². The quantitative estimate of drug-likeness (QED) is 0.631. The van der Waals surface area contributed by atoms with Gasteiger partial charge in [-0.3, -0.25) is 9.59 Å². The van der Waals surface area contributed by atoms with Crippen LogP contribution in [0.15, 0.2) is 47.4 Å². The van der Waals surface area contributed by atoms with Crippen LogP contribution in [-0.4, -0.2) is 44.1 Å². The van der Waals surface area contributed by atoms with Crippen molar-refractivity contribution in [2.45, 2.75) is 32.6 Å². The van der Waals surface area contributed by atoms with Gasteiger partial charge in [0.25, 0.3) is 5.91 Å². The molecule has 156 valence electrons. The topological polar surface area (TPSA) is 92.8 Å². The number of Topliss-reactive ketones (excluding diaryl/α,β-unsaturated/α-hetero) is 1. The van der Waals surface area contributed by atoms with E-state index in [0.29, 0.717) is 35.7 Å². The molecule has 0 atom stereocenters. The number of sulfonamides is 1. The smallest absolute Gasteiger partial charge is 0.262 e. The second-order valence-corrected chi connectivity index (χ2v) is 8.40. The second-order valence-electron chi connectivity index (χ2n) is 6.49. The van der Waals surface area contributed by atoms with E-state index in [2.05, 4.69) is 5.32 Å². The summed E-state index contributed by atoms with van der Waals surface area (Å²) in [5, 5.41) is 2.65. The predicted molar refractivity (Wildman–Crippen MR) is 112 cm³/mol. The molecule has 1 amide bonds. The molecule has 2 aromatic rings. The van der Waals surface area contributed by atoms with Crippen molar-refractivity contribution in [3.8, 4) is 5.75 Å². The summed E-state index contributed by atoms with van der Waals surface area (Å²) < 4.78 is 32.4. The Labute approximate surface area is 171 Å². The molecule has 0 aliphatic heterocycles. The van der Waals surface area contributed by atoms with E-state index in [9.17, 15) is 18.0 Å². The highest BCUT2D eigenvalue weighted by atomic mass is 32.2. The number of hydrogen-bond donors (Lipinski definition) is 1. The monoisotopic (exact) mass is 418 g/mol. The van der Waals surface area contributed by atoms with Gasteiger partial charge in [0.05, 0.1) is 4.90 Å². The van der Waals surface area contributed by atoms with E-state index >= 15 is 0 Å². The lowest BCUT2D eigenvalue weighted by atomic mass is 10.1. The molecule has 1 N–H and O–H groups in total. The Balaban J connectivity index is 2.11. The van der Waals surface area contributed by atoms with Crippen molar-refractivity contribution < 1.29 is 22.7 Å². The van der Waals surface area contributed by atoms with Gasteiger partial charge in [-0.2, -0.15) is 4.31 Å². The minimum Gasteiger partial charge on any atom is -0.484 e. The Hall–Kier alpha value is -2.71. The Morgan fingerprint density at radius 1 is 1.07 bits per heavy atom. The summed E-state index contributed by atoms with van der Waals surface area (Å²) in [6, 6.07) is 11.3. The van der Waals surface area contributed by atoms with E-state index in [1.54, 1.807) is 57.2 Å². The minimum absolute atomic E-state index is 0.0958. The number of rotatable bonds is 9. The Bertz CT molecular complexity index is 998. The van der Waals surface area contributed by atoms with E-state index in [1.165, 1.54) is 17.3 Å². The molecule has 0 aromatic heterocycles. The van der Waals surface area contributed by atoms with E-state index in [-0.39, 0.29) is 17.3 Å². The molecule has 0 heterocycles. The number of carbonyl (C=O) groups is 2. The maximum absolute atomic E-state index is 12.8. The third-order valence-electron chi connectivity index (χ3n) is 4.41. The summed E-state index contributed by atoms with van der Waals surface area (Å²) in [6.45, 7) is 7.18. The summed E-state index contributed by atoms with van der Waals surface area (Å²) in [5.41, 5.74) is 1.47. The maximum Gasteiger partial charge on any atom is 0.262 e.